The molecular formula is C21H21FN4O. The Kier molecular flexibility index (Phi) is 4.96. The largest absolute Gasteiger partial charge is 0.356 e. The van der Waals surface area contributed by atoms with Gasteiger partial charge in [-0.2, -0.15) is 0 Å². The van der Waals surface area contributed by atoms with Crippen molar-refractivity contribution in [2.45, 2.75) is 25.7 Å². The maximum atomic E-state index is 13.7. The van der Waals surface area contributed by atoms with Gasteiger partial charge in [0.05, 0.1) is 11.9 Å². The molecule has 0 aliphatic carbocycles. The number of hydrogen-bond acceptors (Lipinski definition) is 4. The van der Waals surface area contributed by atoms with E-state index < -0.39 is 0 Å². The van der Waals surface area contributed by atoms with E-state index in [0.717, 1.165) is 29.8 Å². The summed E-state index contributed by atoms with van der Waals surface area (Å²) in [6.07, 6.45) is 5.17. The second-order valence-corrected chi connectivity index (χ2v) is 6.79. The zero-order chi connectivity index (χ0) is 18.6. The molecule has 1 N–H and O–H groups in total. The smallest absolute Gasteiger partial charge is 0.228 e. The fourth-order valence-corrected chi connectivity index (χ4v) is 3.50. The SMILES string of the molecule is O=C(Cc1ccccc1F)Nc1ccc2c(N3CCCCC3)ncnc2c1. The molecule has 138 valence electrons. The molecular weight excluding hydrogens is 343 g/mol. The summed E-state index contributed by atoms with van der Waals surface area (Å²) in [7, 11) is 0. The van der Waals surface area contributed by atoms with Gasteiger partial charge in [-0.25, -0.2) is 14.4 Å². The van der Waals surface area contributed by atoms with Crippen molar-refractivity contribution in [3.05, 3.63) is 60.2 Å². The molecule has 1 saturated heterocycles. The Labute approximate surface area is 157 Å². The van der Waals surface area contributed by atoms with E-state index >= 15 is 0 Å². The molecule has 1 aliphatic rings. The number of carbonyl (C=O) groups is 1. The third kappa shape index (κ3) is 3.89. The van der Waals surface area contributed by atoms with Crippen molar-refractivity contribution >= 4 is 28.3 Å². The standard InChI is InChI=1S/C21H21FN4O/c22-18-7-3-2-6-15(18)12-20(27)25-16-8-9-17-19(13-16)23-14-24-21(17)26-10-4-1-5-11-26/h2-3,6-9,13-14H,1,4-5,10-12H2,(H,25,27). The number of benzene rings is 2. The van der Waals surface area contributed by atoms with Crippen molar-refractivity contribution < 1.29 is 9.18 Å². The second kappa shape index (κ2) is 7.70. The highest BCUT2D eigenvalue weighted by molar-refractivity contribution is 5.96. The van der Waals surface area contributed by atoms with Gasteiger partial charge in [0.25, 0.3) is 0 Å². The van der Waals surface area contributed by atoms with Crippen LogP contribution in [0, 0.1) is 5.82 Å². The van der Waals surface area contributed by atoms with Crippen molar-refractivity contribution in [3.8, 4) is 0 Å². The number of halogens is 1. The number of carbonyl (C=O) groups excluding carboxylic acids is 1. The number of nitrogens with zero attached hydrogens (tertiary/aromatic N) is 3. The summed E-state index contributed by atoms with van der Waals surface area (Å²) in [5.41, 5.74) is 1.81. The van der Waals surface area contributed by atoms with Crippen LogP contribution in [-0.2, 0) is 11.2 Å². The molecule has 6 heteroatoms. The Morgan fingerprint density at radius 2 is 1.89 bits per heavy atom. The molecule has 0 spiro atoms. The molecule has 0 radical (unpaired) electrons. The normalized spacial score (nSPS) is 14.3. The van der Waals surface area contributed by atoms with Gasteiger partial charge in [-0.1, -0.05) is 18.2 Å². The first-order valence-corrected chi connectivity index (χ1v) is 9.24. The van der Waals surface area contributed by atoms with Crippen molar-refractivity contribution in [1.29, 1.82) is 0 Å². The summed E-state index contributed by atoms with van der Waals surface area (Å²) in [6, 6.07) is 11.9. The van der Waals surface area contributed by atoms with Gasteiger partial charge < -0.3 is 10.2 Å². The molecule has 5 nitrogen and oxygen atoms in total. The van der Waals surface area contributed by atoms with Crippen LogP contribution in [0.5, 0.6) is 0 Å². The Morgan fingerprint density at radius 3 is 2.70 bits per heavy atom. The highest BCUT2D eigenvalue weighted by atomic mass is 19.1. The topological polar surface area (TPSA) is 58.1 Å². The molecule has 1 aromatic heterocycles. The number of piperidine rings is 1. The van der Waals surface area contributed by atoms with Crippen LogP contribution in [0.25, 0.3) is 10.9 Å². The van der Waals surface area contributed by atoms with Gasteiger partial charge in [-0.05, 0) is 49.1 Å². The summed E-state index contributed by atoms with van der Waals surface area (Å²) >= 11 is 0. The zero-order valence-corrected chi connectivity index (χ0v) is 15.0. The molecule has 1 amide bonds. The minimum Gasteiger partial charge on any atom is -0.356 e. The fourth-order valence-electron chi connectivity index (χ4n) is 3.50. The molecule has 2 aromatic carbocycles. The number of amides is 1. The minimum absolute atomic E-state index is 0.00644. The summed E-state index contributed by atoms with van der Waals surface area (Å²) in [6.45, 7) is 2.01. The number of aromatic nitrogens is 2. The van der Waals surface area contributed by atoms with Crippen LogP contribution in [0.15, 0.2) is 48.8 Å². The van der Waals surface area contributed by atoms with Gasteiger partial charge in [0.2, 0.25) is 5.91 Å². The fraction of sp³-hybridized carbons (Fsp3) is 0.286. The average Bonchev–Trinajstić information content (AvgIpc) is 2.70. The summed E-state index contributed by atoms with van der Waals surface area (Å²) in [4.78, 5) is 23.4. The van der Waals surface area contributed by atoms with Crippen LogP contribution in [0.3, 0.4) is 0 Å². The van der Waals surface area contributed by atoms with E-state index in [0.29, 0.717) is 11.3 Å². The minimum atomic E-state index is -0.370. The number of anilines is 2. The third-order valence-electron chi connectivity index (χ3n) is 4.86. The van der Waals surface area contributed by atoms with Crippen LogP contribution < -0.4 is 10.2 Å². The van der Waals surface area contributed by atoms with Crippen molar-refractivity contribution in [2.24, 2.45) is 0 Å². The van der Waals surface area contributed by atoms with Crippen LogP contribution in [0.4, 0.5) is 15.9 Å². The number of hydrogen-bond donors (Lipinski definition) is 1. The summed E-state index contributed by atoms with van der Waals surface area (Å²) < 4.78 is 13.7. The summed E-state index contributed by atoms with van der Waals surface area (Å²) in [5, 5.41) is 3.81. The molecule has 27 heavy (non-hydrogen) atoms. The zero-order valence-electron chi connectivity index (χ0n) is 15.0. The lowest BCUT2D eigenvalue weighted by atomic mass is 10.1. The van der Waals surface area contributed by atoms with E-state index in [1.165, 1.54) is 25.3 Å². The molecule has 4 rings (SSSR count). The molecule has 0 saturated carbocycles. The van der Waals surface area contributed by atoms with Gasteiger partial charge in [-0.15, -0.1) is 0 Å². The van der Waals surface area contributed by atoms with E-state index in [4.69, 9.17) is 0 Å². The van der Waals surface area contributed by atoms with Gasteiger partial charge >= 0.3 is 0 Å². The molecule has 1 aliphatic heterocycles. The van der Waals surface area contributed by atoms with E-state index in [2.05, 4.69) is 20.2 Å². The molecule has 2 heterocycles. The van der Waals surface area contributed by atoms with Crippen LogP contribution in [-0.4, -0.2) is 29.0 Å². The quantitative estimate of drug-likeness (QED) is 0.762. The van der Waals surface area contributed by atoms with Crippen LogP contribution in [0.2, 0.25) is 0 Å². The molecule has 3 aromatic rings. The highest BCUT2D eigenvalue weighted by Crippen LogP contribution is 2.27. The third-order valence-corrected chi connectivity index (χ3v) is 4.86. The molecule has 0 unspecified atom stereocenters. The predicted molar refractivity (Wildman–Crippen MR) is 104 cm³/mol. The Hall–Kier alpha value is -3.02. The van der Waals surface area contributed by atoms with Crippen molar-refractivity contribution in [3.63, 3.8) is 0 Å². The first-order valence-electron chi connectivity index (χ1n) is 9.24. The lowest BCUT2D eigenvalue weighted by Crippen LogP contribution is -2.30. The molecule has 1 fully saturated rings. The van der Waals surface area contributed by atoms with Crippen molar-refractivity contribution in [2.75, 3.05) is 23.3 Å². The predicted octanol–water partition coefficient (Wildman–Crippen LogP) is 3.94. The Morgan fingerprint density at radius 1 is 1.07 bits per heavy atom. The number of nitrogens with one attached hydrogen (secondary N) is 1. The number of rotatable bonds is 4. The monoisotopic (exact) mass is 364 g/mol. The van der Waals surface area contributed by atoms with Gasteiger partial charge in [-0.3, -0.25) is 4.79 Å². The molecule has 0 bridgehead atoms. The summed E-state index contributed by atoms with van der Waals surface area (Å²) in [5.74, 6) is 0.318. The van der Waals surface area contributed by atoms with Crippen LogP contribution in [0.1, 0.15) is 24.8 Å². The highest BCUT2D eigenvalue weighted by Gasteiger charge is 2.16. The van der Waals surface area contributed by atoms with E-state index in [9.17, 15) is 9.18 Å². The van der Waals surface area contributed by atoms with E-state index in [-0.39, 0.29) is 18.1 Å². The maximum Gasteiger partial charge on any atom is 0.228 e. The molecule has 0 atom stereocenters. The Bertz CT molecular complexity index is 969. The first kappa shape index (κ1) is 17.4. The van der Waals surface area contributed by atoms with Gasteiger partial charge in [0.15, 0.2) is 0 Å². The van der Waals surface area contributed by atoms with E-state index in [1.807, 2.05) is 18.2 Å². The van der Waals surface area contributed by atoms with Gasteiger partial charge in [0, 0.05) is 24.2 Å². The van der Waals surface area contributed by atoms with Gasteiger partial charge in [0.1, 0.15) is 18.0 Å². The first-order chi connectivity index (χ1) is 13.2. The van der Waals surface area contributed by atoms with E-state index in [1.54, 1.807) is 24.5 Å². The Balaban J connectivity index is 1.53. The number of fused-ring (bicyclic) bond motifs is 1. The van der Waals surface area contributed by atoms with Crippen molar-refractivity contribution in [1.82, 2.24) is 9.97 Å². The second-order valence-electron chi connectivity index (χ2n) is 6.79. The maximum absolute atomic E-state index is 13.7. The lowest BCUT2D eigenvalue weighted by molar-refractivity contribution is -0.115. The average molecular weight is 364 g/mol. The van der Waals surface area contributed by atoms with Crippen LogP contribution >= 0.6 is 0 Å². The lowest BCUT2D eigenvalue weighted by Gasteiger charge is -2.28.